The van der Waals surface area contributed by atoms with Crippen LogP contribution in [0.2, 0.25) is 0 Å². The molecule has 1 aromatic rings. The Morgan fingerprint density at radius 2 is 2.27 bits per heavy atom. The number of aromatic nitrogens is 2. The Balaban J connectivity index is 1.88. The summed E-state index contributed by atoms with van der Waals surface area (Å²) in [5.74, 6) is 2.36. The molecule has 1 N–H and O–H groups in total. The maximum atomic E-state index is 4.41. The van der Waals surface area contributed by atoms with Gasteiger partial charge in [-0.1, -0.05) is 13.8 Å². The highest BCUT2D eigenvalue weighted by atomic mass is 15.0. The highest BCUT2D eigenvalue weighted by molar-refractivity contribution is 5.00. The average molecular weight is 207 g/mol. The van der Waals surface area contributed by atoms with Gasteiger partial charge in [0.15, 0.2) is 0 Å². The molecule has 1 aliphatic rings. The van der Waals surface area contributed by atoms with Crippen molar-refractivity contribution in [3.63, 3.8) is 0 Å². The number of hydrogen-bond donors (Lipinski definition) is 1. The fourth-order valence-corrected chi connectivity index (χ4v) is 1.89. The first-order valence-corrected chi connectivity index (χ1v) is 5.89. The van der Waals surface area contributed by atoms with Crippen LogP contribution in [0.3, 0.4) is 0 Å². The minimum absolute atomic E-state index is 0.524. The van der Waals surface area contributed by atoms with Gasteiger partial charge in [-0.2, -0.15) is 0 Å². The molecular formula is C12H21N3. The van der Waals surface area contributed by atoms with E-state index in [1.54, 1.807) is 0 Å². The number of nitrogens with one attached hydrogen (secondary N) is 1. The van der Waals surface area contributed by atoms with Gasteiger partial charge in [0.2, 0.25) is 0 Å². The van der Waals surface area contributed by atoms with E-state index in [1.807, 2.05) is 12.4 Å². The van der Waals surface area contributed by atoms with Gasteiger partial charge in [-0.15, -0.1) is 0 Å². The van der Waals surface area contributed by atoms with Gasteiger partial charge in [0, 0.05) is 31.4 Å². The smallest absolute Gasteiger partial charge is 0.111 e. The Labute approximate surface area is 91.9 Å². The summed E-state index contributed by atoms with van der Waals surface area (Å²) in [6.07, 6.45) is 6.63. The van der Waals surface area contributed by atoms with Crippen molar-refractivity contribution in [3.05, 3.63) is 18.2 Å². The maximum absolute atomic E-state index is 4.41. The van der Waals surface area contributed by atoms with Gasteiger partial charge < -0.3 is 9.88 Å². The number of nitrogens with zero attached hydrogens (tertiary/aromatic N) is 2. The highest BCUT2D eigenvalue weighted by Crippen LogP contribution is 2.24. The third kappa shape index (κ3) is 2.59. The Morgan fingerprint density at radius 1 is 1.53 bits per heavy atom. The molecule has 2 rings (SSSR count). The van der Waals surface area contributed by atoms with Crippen molar-refractivity contribution in [1.82, 2.24) is 14.9 Å². The van der Waals surface area contributed by atoms with Crippen molar-refractivity contribution in [2.45, 2.75) is 38.6 Å². The molecule has 0 spiro atoms. The monoisotopic (exact) mass is 207 g/mol. The molecule has 0 saturated heterocycles. The molecule has 1 aromatic heterocycles. The van der Waals surface area contributed by atoms with Crippen LogP contribution in [-0.4, -0.2) is 22.1 Å². The Kier molecular flexibility index (Phi) is 3.10. The van der Waals surface area contributed by atoms with E-state index in [4.69, 9.17) is 0 Å². The second kappa shape index (κ2) is 4.35. The van der Waals surface area contributed by atoms with Crippen LogP contribution >= 0.6 is 0 Å². The molecule has 2 unspecified atom stereocenters. The van der Waals surface area contributed by atoms with E-state index >= 15 is 0 Å². The van der Waals surface area contributed by atoms with Crippen molar-refractivity contribution >= 4 is 0 Å². The highest BCUT2D eigenvalue weighted by Gasteiger charge is 2.23. The van der Waals surface area contributed by atoms with Crippen LogP contribution in [0.15, 0.2) is 12.4 Å². The molecule has 0 bridgehead atoms. The van der Waals surface area contributed by atoms with Crippen molar-refractivity contribution in [2.24, 2.45) is 13.0 Å². The van der Waals surface area contributed by atoms with Crippen LogP contribution < -0.4 is 5.32 Å². The number of hydrogen-bond acceptors (Lipinski definition) is 2. The van der Waals surface area contributed by atoms with Crippen LogP contribution in [-0.2, 0) is 7.05 Å². The predicted octanol–water partition coefficient (Wildman–Crippen LogP) is 1.91. The second-order valence-corrected chi connectivity index (χ2v) is 4.84. The van der Waals surface area contributed by atoms with Crippen LogP contribution in [0.1, 0.15) is 38.4 Å². The fourth-order valence-electron chi connectivity index (χ4n) is 1.89. The minimum Gasteiger partial charge on any atom is -0.338 e. The quantitative estimate of drug-likeness (QED) is 0.799. The SMILES string of the molecule is CC(CNC1CC1)C(C)c1nccn1C. The lowest BCUT2D eigenvalue weighted by Crippen LogP contribution is -2.27. The first-order chi connectivity index (χ1) is 7.18. The Hall–Kier alpha value is -0.830. The topological polar surface area (TPSA) is 29.9 Å². The van der Waals surface area contributed by atoms with Gasteiger partial charge >= 0.3 is 0 Å². The molecule has 1 saturated carbocycles. The zero-order valence-electron chi connectivity index (χ0n) is 9.90. The van der Waals surface area contributed by atoms with Gasteiger partial charge in [0.1, 0.15) is 5.82 Å². The van der Waals surface area contributed by atoms with Crippen molar-refractivity contribution in [1.29, 1.82) is 0 Å². The summed E-state index contributed by atoms with van der Waals surface area (Å²) >= 11 is 0. The number of imidazole rings is 1. The van der Waals surface area contributed by atoms with Gasteiger partial charge in [0.25, 0.3) is 0 Å². The van der Waals surface area contributed by atoms with E-state index in [9.17, 15) is 0 Å². The number of aryl methyl sites for hydroxylation is 1. The Morgan fingerprint density at radius 3 is 2.80 bits per heavy atom. The fraction of sp³-hybridized carbons (Fsp3) is 0.750. The van der Waals surface area contributed by atoms with Crippen LogP contribution in [0, 0.1) is 5.92 Å². The summed E-state index contributed by atoms with van der Waals surface area (Å²) in [6, 6.07) is 0.807. The van der Waals surface area contributed by atoms with Gasteiger partial charge in [-0.25, -0.2) is 4.98 Å². The lowest BCUT2D eigenvalue weighted by molar-refractivity contribution is 0.426. The van der Waals surface area contributed by atoms with Gasteiger partial charge in [0.05, 0.1) is 0 Å². The van der Waals surface area contributed by atoms with Crippen LogP contribution in [0.5, 0.6) is 0 Å². The maximum Gasteiger partial charge on any atom is 0.111 e. The molecule has 0 aliphatic heterocycles. The first-order valence-electron chi connectivity index (χ1n) is 5.89. The van der Waals surface area contributed by atoms with E-state index in [2.05, 4.69) is 35.8 Å². The van der Waals surface area contributed by atoms with Crippen molar-refractivity contribution in [3.8, 4) is 0 Å². The molecule has 0 aromatic carbocycles. The molecule has 15 heavy (non-hydrogen) atoms. The second-order valence-electron chi connectivity index (χ2n) is 4.84. The zero-order valence-corrected chi connectivity index (χ0v) is 9.90. The average Bonchev–Trinajstić information content (AvgIpc) is 2.96. The summed E-state index contributed by atoms with van der Waals surface area (Å²) in [6.45, 7) is 5.68. The summed E-state index contributed by atoms with van der Waals surface area (Å²) in [5.41, 5.74) is 0. The van der Waals surface area contributed by atoms with Gasteiger partial charge in [-0.3, -0.25) is 0 Å². The standard InChI is InChI=1S/C12H21N3/c1-9(8-14-11-4-5-11)10(2)12-13-6-7-15(12)3/h6-7,9-11,14H,4-5,8H2,1-3H3. The summed E-state index contributed by atoms with van der Waals surface area (Å²) in [4.78, 5) is 4.41. The van der Waals surface area contributed by atoms with Crippen LogP contribution in [0.25, 0.3) is 0 Å². The minimum atomic E-state index is 0.524. The lowest BCUT2D eigenvalue weighted by atomic mass is 9.95. The van der Waals surface area contributed by atoms with Crippen molar-refractivity contribution in [2.75, 3.05) is 6.54 Å². The third-order valence-electron chi connectivity index (χ3n) is 3.43. The van der Waals surface area contributed by atoms with E-state index in [-0.39, 0.29) is 0 Å². The third-order valence-corrected chi connectivity index (χ3v) is 3.43. The predicted molar refractivity (Wildman–Crippen MR) is 61.8 cm³/mol. The van der Waals surface area contributed by atoms with Gasteiger partial charge in [-0.05, 0) is 25.3 Å². The molecular weight excluding hydrogens is 186 g/mol. The molecule has 1 heterocycles. The lowest BCUT2D eigenvalue weighted by Gasteiger charge is -2.20. The molecule has 1 fully saturated rings. The molecule has 0 amide bonds. The summed E-state index contributed by atoms with van der Waals surface area (Å²) in [7, 11) is 2.07. The van der Waals surface area contributed by atoms with Crippen LogP contribution in [0.4, 0.5) is 0 Å². The first kappa shape index (κ1) is 10.7. The van der Waals surface area contributed by atoms with Crippen molar-refractivity contribution < 1.29 is 0 Å². The summed E-state index contributed by atoms with van der Waals surface area (Å²) < 4.78 is 2.12. The molecule has 3 heteroatoms. The summed E-state index contributed by atoms with van der Waals surface area (Å²) in [5, 5.41) is 3.58. The van der Waals surface area contributed by atoms with E-state index in [0.29, 0.717) is 11.8 Å². The number of rotatable bonds is 5. The largest absolute Gasteiger partial charge is 0.338 e. The molecule has 3 nitrogen and oxygen atoms in total. The molecule has 2 atom stereocenters. The van der Waals surface area contributed by atoms with E-state index in [0.717, 1.165) is 12.6 Å². The molecule has 1 aliphatic carbocycles. The van der Waals surface area contributed by atoms with E-state index < -0.39 is 0 Å². The Bertz CT molecular complexity index is 314. The molecule has 84 valence electrons. The zero-order chi connectivity index (χ0) is 10.8. The molecule has 0 radical (unpaired) electrons. The van der Waals surface area contributed by atoms with E-state index in [1.165, 1.54) is 18.7 Å². The normalized spacial score (nSPS) is 20.2.